The minimum Gasteiger partial charge on any atom is -0.467 e. The van der Waals surface area contributed by atoms with E-state index in [-0.39, 0.29) is 24.4 Å². The Morgan fingerprint density at radius 3 is 2.10 bits per heavy atom. The fourth-order valence-corrected chi connectivity index (χ4v) is 1.88. The van der Waals surface area contributed by atoms with Crippen LogP contribution in [0.15, 0.2) is 54.6 Å². The van der Waals surface area contributed by atoms with Gasteiger partial charge in [-0.15, -0.1) is 12.4 Å². The second kappa shape index (κ2) is 7.56. The first-order valence-electron chi connectivity index (χ1n) is 6.20. The lowest BCUT2D eigenvalue weighted by molar-refractivity contribution is -0.141. The Hall–Kier alpha value is -2.00. The quantitative estimate of drug-likeness (QED) is 0.872. The lowest BCUT2D eigenvalue weighted by Crippen LogP contribution is -2.27. The first kappa shape index (κ1) is 16.1. The Labute approximate surface area is 125 Å². The summed E-state index contributed by atoms with van der Waals surface area (Å²) < 4.78 is 4.68. The molecule has 2 aromatic rings. The number of nitrogens with one attached hydrogen (secondary N) is 1. The third-order valence-electron chi connectivity index (χ3n) is 2.93. The van der Waals surface area contributed by atoms with Crippen LogP contribution in [0.25, 0.3) is 11.1 Å². The molecule has 106 valence electrons. The summed E-state index contributed by atoms with van der Waals surface area (Å²) in [4.78, 5) is 11.3. The standard InChI is InChI=1S/C16H17NO2.ClH/c1-12(16(18)19-2)17-15-10-8-14(9-11-15)13-6-4-3-5-7-13;/h3-12,17H,1-2H3;1H/t12-;/m0./s1. The van der Waals surface area contributed by atoms with E-state index in [9.17, 15) is 4.79 Å². The van der Waals surface area contributed by atoms with Crippen molar-refractivity contribution in [2.45, 2.75) is 13.0 Å². The summed E-state index contributed by atoms with van der Waals surface area (Å²) in [5.41, 5.74) is 3.23. The van der Waals surface area contributed by atoms with Gasteiger partial charge in [0.15, 0.2) is 0 Å². The summed E-state index contributed by atoms with van der Waals surface area (Å²) in [6.45, 7) is 1.77. The average Bonchev–Trinajstić information content (AvgIpc) is 2.48. The number of benzene rings is 2. The normalized spacial score (nSPS) is 11.1. The summed E-state index contributed by atoms with van der Waals surface area (Å²) in [7, 11) is 1.39. The van der Waals surface area contributed by atoms with Gasteiger partial charge in [-0.3, -0.25) is 0 Å². The van der Waals surface area contributed by atoms with Gasteiger partial charge in [0, 0.05) is 5.69 Å². The zero-order valence-corrected chi connectivity index (χ0v) is 12.3. The number of hydrogen-bond acceptors (Lipinski definition) is 3. The Bertz CT molecular complexity index is 540. The highest BCUT2D eigenvalue weighted by atomic mass is 35.5. The van der Waals surface area contributed by atoms with Crippen LogP contribution in [0, 0.1) is 0 Å². The Balaban J connectivity index is 0.00000200. The van der Waals surface area contributed by atoms with Crippen LogP contribution in [0.3, 0.4) is 0 Å². The molecular weight excluding hydrogens is 274 g/mol. The zero-order valence-electron chi connectivity index (χ0n) is 11.5. The van der Waals surface area contributed by atoms with Crippen molar-refractivity contribution in [1.82, 2.24) is 0 Å². The number of carbonyl (C=O) groups excluding carboxylic acids is 1. The van der Waals surface area contributed by atoms with E-state index in [4.69, 9.17) is 0 Å². The molecule has 1 atom stereocenters. The van der Waals surface area contributed by atoms with Crippen molar-refractivity contribution in [3.63, 3.8) is 0 Å². The fourth-order valence-electron chi connectivity index (χ4n) is 1.88. The summed E-state index contributed by atoms with van der Waals surface area (Å²) in [5.74, 6) is -0.271. The maximum Gasteiger partial charge on any atom is 0.327 e. The van der Waals surface area contributed by atoms with Gasteiger partial charge >= 0.3 is 5.97 Å². The van der Waals surface area contributed by atoms with Crippen LogP contribution in [0.2, 0.25) is 0 Å². The fraction of sp³-hybridized carbons (Fsp3) is 0.188. The number of rotatable bonds is 4. The molecule has 0 radical (unpaired) electrons. The van der Waals surface area contributed by atoms with Crippen molar-refractivity contribution in [3.05, 3.63) is 54.6 Å². The lowest BCUT2D eigenvalue weighted by atomic mass is 10.1. The predicted molar refractivity (Wildman–Crippen MR) is 84.2 cm³/mol. The van der Waals surface area contributed by atoms with Crippen LogP contribution in [0.5, 0.6) is 0 Å². The van der Waals surface area contributed by atoms with E-state index in [0.29, 0.717) is 0 Å². The van der Waals surface area contributed by atoms with Gasteiger partial charge in [-0.1, -0.05) is 42.5 Å². The number of anilines is 1. The number of carbonyl (C=O) groups is 1. The van der Waals surface area contributed by atoms with Crippen LogP contribution in [-0.4, -0.2) is 19.1 Å². The number of methoxy groups -OCH3 is 1. The van der Waals surface area contributed by atoms with E-state index in [0.717, 1.165) is 11.3 Å². The summed E-state index contributed by atoms with van der Waals surface area (Å²) in [6.07, 6.45) is 0. The van der Waals surface area contributed by atoms with E-state index >= 15 is 0 Å². The van der Waals surface area contributed by atoms with Crippen molar-refractivity contribution < 1.29 is 9.53 Å². The molecule has 0 aliphatic rings. The van der Waals surface area contributed by atoms with Gasteiger partial charge in [0.05, 0.1) is 7.11 Å². The van der Waals surface area contributed by atoms with Crippen LogP contribution in [-0.2, 0) is 9.53 Å². The zero-order chi connectivity index (χ0) is 13.7. The highest BCUT2D eigenvalue weighted by Crippen LogP contribution is 2.21. The molecule has 0 aliphatic carbocycles. The van der Waals surface area contributed by atoms with Gasteiger partial charge in [-0.25, -0.2) is 4.79 Å². The molecule has 0 spiro atoms. The van der Waals surface area contributed by atoms with Crippen LogP contribution in [0.1, 0.15) is 6.92 Å². The smallest absolute Gasteiger partial charge is 0.327 e. The van der Waals surface area contributed by atoms with Crippen LogP contribution >= 0.6 is 12.4 Å². The molecule has 2 rings (SSSR count). The van der Waals surface area contributed by atoms with Crippen molar-refractivity contribution in [1.29, 1.82) is 0 Å². The average molecular weight is 292 g/mol. The monoisotopic (exact) mass is 291 g/mol. The number of hydrogen-bond donors (Lipinski definition) is 1. The molecule has 1 N–H and O–H groups in total. The third kappa shape index (κ3) is 4.00. The van der Waals surface area contributed by atoms with Crippen molar-refractivity contribution >= 4 is 24.1 Å². The first-order valence-corrected chi connectivity index (χ1v) is 6.20. The van der Waals surface area contributed by atoms with Gasteiger partial charge in [-0.2, -0.15) is 0 Å². The number of ether oxygens (including phenoxy) is 1. The molecule has 0 heterocycles. The first-order chi connectivity index (χ1) is 9.20. The maximum absolute atomic E-state index is 11.3. The molecule has 2 aromatic carbocycles. The van der Waals surface area contributed by atoms with Gasteiger partial charge < -0.3 is 10.1 Å². The molecular formula is C16H18ClNO2. The molecule has 0 aliphatic heterocycles. The van der Waals surface area contributed by atoms with E-state index in [1.165, 1.54) is 12.7 Å². The summed E-state index contributed by atoms with van der Waals surface area (Å²) in [5, 5.41) is 3.10. The number of esters is 1. The SMILES string of the molecule is COC(=O)[C@H](C)Nc1ccc(-c2ccccc2)cc1.Cl. The Morgan fingerprint density at radius 1 is 1.00 bits per heavy atom. The highest BCUT2D eigenvalue weighted by Gasteiger charge is 2.12. The second-order valence-corrected chi connectivity index (χ2v) is 4.33. The molecule has 0 saturated heterocycles. The van der Waals surface area contributed by atoms with Crippen LogP contribution in [0.4, 0.5) is 5.69 Å². The minimum atomic E-state index is -0.354. The Kier molecular flexibility index (Phi) is 6.07. The maximum atomic E-state index is 11.3. The van der Waals surface area contributed by atoms with Gasteiger partial charge in [0.2, 0.25) is 0 Å². The minimum absolute atomic E-state index is 0. The third-order valence-corrected chi connectivity index (χ3v) is 2.93. The van der Waals surface area contributed by atoms with Gasteiger partial charge in [0.25, 0.3) is 0 Å². The predicted octanol–water partition coefficient (Wildman–Crippen LogP) is 3.75. The van der Waals surface area contributed by atoms with E-state index in [2.05, 4.69) is 22.2 Å². The van der Waals surface area contributed by atoms with E-state index in [1.54, 1.807) is 6.92 Å². The number of halogens is 1. The molecule has 4 heteroatoms. The molecule has 0 unspecified atom stereocenters. The molecule has 0 bridgehead atoms. The van der Waals surface area contributed by atoms with Gasteiger partial charge in [-0.05, 0) is 30.2 Å². The van der Waals surface area contributed by atoms with Crippen molar-refractivity contribution in [2.75, 3.05) is 12.4 Å². The topological polar surface area (TPSA) is 38.3 Å². The van der Waals surface area contributed by atoms with Crippen molar-refractivity contribution in [3.8, 4) is 11.1 Å². The van der Waals surface area contributed by atoms with Crippen LogP contribution < -0.4 is 5.32 Å². The molecule has 0 fully saturated rings. The van der Waals surface area contributed by atoms with Crippen molar-refractivity contribution in [2.24, 2.45) is 0 Å². The lowest BCUT2D eigenvalue weighted by Gasteiger charge is -2.13. The highest BCUT2D eigenvalue weighted by molar-refractivity contribution is 5.85. The van der Waals surface area contributed by atoms with Gasteiger partial charge in [0.1, 0.15) is 6.04 Å². The molecule has 0 aromatic heterocycles. The largest absolute Gasteiger partial charge is 0.467 e. The Morgan fingerprint density at radius 2 is 1.55 bits per heavy atom. The van der Waals surface area contributed by atoms with E-state index < -0.39 is 0 Å². The van der Waals surface area contributed by atoms with E-state index in [1.807, 2.05) is 42.5 Å². The molecule has 3 nitrogen and oxygen atoms in total. The molecule has 20 heavy (non-hydrogen) atoms. The molecule has 0 amide bonds. The summed E-state index contributed by atoms with van der Waals surface area (Å²) >= 11 is 0. The second-order valence-electron chi connectivity index (χ2n) is 4.33. The summed E-state index contributed by atoms with van der Waals surface area (Å²) in [6, 6.07) is 17.8. The molecule has 0 saturated carbocycles.